The molecule has 134 valence electrons. The molecule has 1 heterocycles. The maximum absolute atomic E-state index is 4.42. The predicted octanol–water partition coefficient (Wildman–Crippen LogP) is 5.92. The minimum atomic E-state index is 0.854. The molecule has 0 aliphatic rings. The van der Waals surface area contributed by atoms with Crippen LogP contribution in [-0.2, 0) is 12.3 Å². The van der Waals surface area contributed by atoms with Crippen molar-refractivity contribution in [1.82, 2.24) is 14.8 Å². The molecule has 0 spiro atoms. The number of hydrogen-bond donors (Lipinski definition) is 0. The van der Waals surface area contributed by atoms with Crippen LogP contribution >= 0.6 is 11.8 Å². The fraction of sp³-hybridized carbons (Fsp3) is 0.130. The lowest BCUT2D eigenvalue weighted by molar-refractivity contribution is 0.687. The van der Waals surface area contributed by atoms with Crippen LogP contribution in [0.15, 0.2) is 90.1 Å². The van der Waals surface area contributed by atoms with Crippen molar-refractivity contribution in [3.8, 4) is 22.5 Å². The van der Waals surface area contributed by atoms with Crippen LogP contribution in [0.1, 0.15) is 12.5 Å². The third-order valence-electron chi connectivity index (χ3n) is 4.49. The molecule has 0 radical (unpaired) electrons. The van der Waals surface area contributed by atoms with Crippen LogP contribution < -0.4 is 0 Å². The third kappa shape index (κ3) is 3.96. The van der Waals surface area contributed by atoms with Crippen LogP contribution in [-0.4, -0.2) is 14.8 Å². The first-order valence-electron chi connectivity index (χ1n) is 9.11. The summed E-state index contributed by atoms with van der Waals surface area (Å²) < 4.78 is 2.18. The average molecular weight is 372 g/mol. The van der Waals surface area contributed by atoms with Crippen LogP contribution in [0.4, 0.5) is 0 Å². The zero-order valence-corrected chi connectivity index (χ0v) is 16.1. The zero-order chi connectivity index (χ0) is 18.5. The second-order valence-corrected chi connectivity index (χ2v) is 7.21. The molecule has 0 aliphatic carbocycles. The Hall–Kier alpha value is -2.85. The minimum absolute atomic E-state index is 0.854. The molecule has 0 fully saturated rings. The highest BCUT2D eigenvalue weighted by Gasteiger charge is 2.12. The second kappa shape index (κ2) is 8.23. The number of benzene rings is 3. The Balaban J connectivity index is 1.48. The van der Waals surface area contributed by atoms with Gasteiger partial charge in [-0.15, -0.1) is 10.2 Å². The monoisotopic (exact) mass is 371 g/mol. The van der Waals surface area contributed by atoms with Crippen molar-refractivity contribution in [1.29, 1.82) is 0 Å². The van der Waals surface area contributed by atoms with Crippen LogP contribution in [0.2, 0.25) is 0 Å². The molecule has 0 atom stereocenters. The van der Waals surface area contributed by atoms with Gasteiger partial charge in [-0.1, -0.05) is 96.7 Å². The van der Waals surface area contributed by atoms with Crippen molar-refractivity contribution in [2.75, 3.05) is 0 Å². The maximum atomic E-state index is 4.42. The Labute approximate surface area is 164 Å². The van der Waals surface area contributed by atoms with Gasteiger partial charge >= 0.3 is 0 Å². The van der Waals surface area contributed by atoms with Crippen LogP contribution in [0.5, 0.6) is 0 Å². The summed E-state index contributed by atoms with van der Waals surface area (Å²) in [6.45, 7) is 2.99. The SMILES string of the molecule is CCn1c(SCc2ccc(-c3ccccc3)cc2)nnc1-c1ccccc1. The molecule has 4 aromatic rings. The molecule has 1 aromatic heterocycles. The third-order valence-corrected chi connectivity index (χ3v) is 5.53. The number of rotatable bonds is 6. The molecular weight excluding hydrogens is 350 g/mol. The Bertz CT molecular complexity index is 993. The molecule has 0 bridgehead atoms. The summed E-state index contributed by atoms with van der Waals surface area (Å²) in [7, 11) is 0. The summed E-state index contributed by atoms with van der Waals surface area (Å²) in [5.41, 5.74) is 4.87. The van der Waals surface area contributed by atoms with Crippen molar-refractivity contribution in [2.45, 2.75) is 24.4 Å². The van der Waals surface area contributed by atoms with E-state index in [9.17, 15) is 0 Å². The van der Waals surface area contributed by atoms with E-state index in [1.807, 2.05) is 24.3 Å². The highest BCUT2D eigenvalue weighted by molar-refractivity contribution is 7.98. The Morgan fingerprint density at radius 3 is 1.93 bits per heavy atom. The van der Waals surface area contributed by atoms with E-state index < -0.39 is 0 Å². The van der Waals surface area contributed by atoms with E-state index in [0.29, 0.717) is 0 Å². The zero-order valence-electron chi connectivity index (χ0n) is 15.2. The van der Waals surface area contributed by atoms with E-state index >= 15 is 0 Å². The summed E-state index contributed by atoms with van der Waals surface area (Å²) in [5, 5.41) is 9.80. The van der Waals surface area contributed by atoms with Gasteiger partial charge in [-0.2, -0.15) is 0 Å². The average Bonchev–Trinajstić information content (AvgIpc) is 3.17. The minimum Gasteiger partial charge on any atom is -0.302 e. The van der Waals surface area contributed by atoms with E-state index in [1.54, 1.807) is 11.8 Å². The number of thioether (sulfide) groups is 1. The molecule has 0 amide bonds. The van der Waals surface area contributed by atoms with Crippen LogP contribution in [0.25, 0.3) is 22.5 Å². The highest BCUT2D eigenvalue weighted by Crippen LogP contribution is 2.27. The van der Waals surface area contributed by atoms with Gasteiger partial charge in [-0.3, -0.25) is 0 Å². The van der Waals surface area contributed by atoms with Crippen molar-refractivity contribution in [2.24, 2.45) is 0 Å². The summed E-state index contributed by atoms with van der Waals surface area (Å²) in [6, 6.07) is 29.5. The van der Waals surface area contributed by atoms with E-state index in [-0.39, 0.29) is 0 Å². The fourth-order valence-corrected chi connectivity index (χ4v) is 4.01. The van der Waals surface area contributed by atoms with Gasteiger partial charge in [0.15, 0.2) is 11.0 Å². The first kappa shape index (κ1) is 17.6. The van der Waals surface area contributed by atoms with Gasteiger partial charge in [-0.05, 0) is 23.6 Å². The van der Waals surface area contributed by atoms with Gasteiger partial charge in [0.1, 0.15) is 0 Å². The molecule has 0 saturated carbocycles. The summed E-state index contributed by atoms with van der Waals surface area (Å²) >= 11 is 1.73. The maximum Gasteiger partial charge on any atom is 0.191 e. The second-order valence-electron chi connectivity index (χ2n) is 6.27. The lowest BCUT2D eigenvalue weighted by Gasteiger charge is -2.08. The van der Waals surface area contributed by atoms with E-state index in [4.69, 9.17) is 0 Å². The molecule has 3 nitrogen and oxygen atoms in total. The molecular formula is C23H21N3S. The van der Waals surface area contributed by atoms with Gasteiger partial charge in [0.05, 0.1) is 0 Å². The number of hydrogen-bond acceptors (Lipinski definition) is 3. The lowest BCUT2D eigenvalue weighted by Crippen LogP contribution is -1.99. The number of nitrogens with zero attached hydrogens (tertiary/aromatic N) is 3. The van der Waals surface area contributed by atoms with Crippen molar-refractivity contribution in [3.05, 3.63) is 90.5 Å². The Kier molecular flexibility index (Phi) is 5.35. The smallest absolute Gasteiger partial charge is 0.191 e. The van der Waals surface area contributed by atoms with E-state index in [2.05, 4.69) is 82.4 Å². The molecule has 4 heteroatoms. The van der Waals surface area contributed by atoms with Crippen molar-refractivity contribution in [3.63, 3.8) is 0 Å². The van der Waals surface area contributed by atoms with Gasteiger partial charge in [-0.25, -0.2) is 0 Å². The fourth-order valence-electron chi connectivity index (χ4n) is 3.05. The topological polar surface area (TPSA) is 30.7 Å². The van der Waals surface area contributed by atoms with Crippen molar-refractivity contribution >= 4 is 11.8 Å². The van der Waals surface area contributed by atoms with Crippen molar-refractivity contribution < 1.29 is 0 Å². The van der Waals surface area contributed by atoms with Gasteiger partial charge < -0.3 is 4.57 Å². The standard InChI is InChI=1S/C23H21N3S/c1-2-26-22(21-11-7-4-8-12-21)24-25-23(26)27-17-18-13-15-20(16-14-18)19-9-5-3-6-10-19/h3-16H,2,17H2,1H3. The highest BCUT2D eigenvalue weighted by atomic mass is 32.2. The molecule has 4 rings (SSSR count). The Morgan fingerprint density at radius 2 is 1.30 bits per heavy atom. The predicted molar refractivity (Wildman–Crippen MR) is 113 cm³/mol. The van der Waals surface area contributed by atoms with Crippen LogP contribution in [0.3, 0.4) is 0 Å². The number of aromatic nitrogens is 3. The molecule has 0 aliphatic heterocycles. The van der Waals surface area contributed by atoms with Crippen LogP contribution in [0, 0.1) is 0 Å². The summed E-state index contributed by atoms with van der Waals surface area (Å²) in [6.07, 6.45) is 0. The molecule has 0 N–H and O–H groups in total. The molecule has 0 unspecified atom stereocenters. The van der Waals surface area contributed by atoms with Gasteiger partial charge in [0.2, 0.25) is 0 Å². The Morgan fingerprint density at radius 1 is 0.704 bits per heavy atom. The summed E-state index contributed by atoms with van der Waals surface area (Å²) in [5.74, 6) is 1.81. The largest absolute Gasteiger partial charge is 0.302 e. The molecule has 3 aromatic carbocycles. The molecule has 0 saturated heterocycles. The summed E-state index contributed by atoms with van der Waals surface area (Å²) in [4.78, 5) is 0. The quantitative estimate of drug-likeness (QED) is 0.394. The first-order valence-corrected chi connectivity index (χ1v) is 10.1. The first-order chi connectivity index (χ1) is 13.3. The van der Waals surface area contributed by atoms with Gasteiger partial charge in [0, 0.05) is 17.9 Å². The van der Waals surface area contributed by atoms with E-state index in [0.717, 1.165) is 28.8 Å². The normalized spacial score (nSPS) is 10.9. The lowest BCUT2D eigenvalue weighted by atomic mass is 10.0. The van der Waals surface area contributed by atoms with Gasteiger partial charge in [0.25, 0.3) is 0 Å². The van der Waals surface area contributed by atoms with E-state index in [1.165, 1.54) is 16.7 Å². The molecule has 27 heavy (non-hydrogen) atoms.